The molecule has 2 aromatic heterocycles. The van der Waals surface area contributed by atoms with E-state index in [0.29, 0.717) is 25.7 Å². The van der Waals surface area contributed by atoms with Gasteiger partial charge in [0.1, 0.15) is 24.9 Å². The largest absolute Gasteiger partial charge is 0.463 e. The lowest BCUT2D eigenvalue weighted by molar-refractivity contribution is -0.150. The zero-order valence-corrected chi connectivity index (χ0v) is 57.6. The summed E-state index contributed by atoms with van der Waals surface area (Å²) in [7, 11) is 0. The highest BCUT2D eigenvalue weighted by Gasteiger charge is 2.46. The number of aromatic amines is 2. The van der Waals surface area contributed by atoms with Crippen molar-refractivity contribution in [3.05, 3.63) is 20.8 Å². The Morgan fingerprint density at radius 3 is 1.20 bits per heavy atom. The number of aliphatic hydroxyl groups is 2. The second-order valence-electron chi connectivity index (χ2n) is 25.1. The maximum atomic E-state index is 13.0. The molecule has 0 aliphatic carbocycles. The van der Waals surface area contributed by atoms with Crippen LogP contribution >= 0.6 is 0 Å². The maximum absolute atomic E-state index is 13.0. The summed E-state index contributed by atoms with van der Waals surface area (Å²) in [5, 5.41) is 21.7. The molecule has 2 unspecified atom stereocenters. The summed E-state index contributed by atoms with van der Waals surface area (Å²) >= 11 is 0. The van der Waals surface area contributed by atoms with Crippen molar-refractivity contribution in [1.82, 2.24) is 29.3 Å². The third-order valence-electron chi connectivity index (χ3n) is 17.0. The van der Waals surface area contributed by atoms with Crippen LogP contribution in [0.3, 0.4) is 0 Å². The topological polar surface area (TPSA) is 271 Å². The Labute approximate surface area is 557 Å². The fraction of sp³-hybridized carbons (Fsp3) is 0.795. The van der Waals surface area contributed by atoms with E-state index in [1.807, 2.05) is 0 Å². The van der Waals surface area contributed by atoms with Crippen molar-refractivity contribution in [2.75, 3.05) is 71.4 Å². The molecule has 1 aliphatic heterocycles. The quantitative estimate of drug-likeness (QED) is 0.0178. The van der Waals surface area contributed by atoms with Crippen molar-refractivity contribution >= 4 is 41.0 Å². The Kier molecular flexibility index (Phi) is 47.8. The molecule has 0 spiro atoms. The Balaban J connectivity index is 1.49. The third kappa shape index (κ3) is 39.7. The molecule has 1 fully saturated rings. The molecule has 4 atom stereocenters. The first-order valence-corrected chi connectivity index (χ1v) is 36.3. The molecule has 0 saturated carbocycles. The second kappa shape index (κ2) is 54.5. The Morgan fingerprint density at radius 2 is 0.806 bits per heavy atom. The van der Waals surface area contributed by atoms with Crippen molar-refractivity contribution in [1.29, 1.82) is 0 Å². The van der Waals surface area contributed by atoms with E-state index in [1.54, 1.807) is 0 Å². The fourth-order valence-electron chi connectivity index (χ4n) is 11.4. The van der Waals surface area contributed by atoms with Gasteiger partial charge in [0.25, 0.3) is 5.56 Å². The summed E-state index contributed by atoms with van der Waals surface area (Å²) in [4.78, 5) is 88.9. The molecule has 0 amide bonds. The number of ether oxygens (including phenoxy) is 5. The highest BCUT2D eigenvalue weighted by atomic mass is 16.6. The summed E-state index contributed by atoms with van der Waals surface area (Å²) in [6.07, 6.45) is 34.8. The number of nitrogens with one attached hydrogen (secondary N) is 2. The summed E-state index contributed by atoms with van der Waals surface area (Å²) in [6.45, 7) is 12.7. The molecule has 1 aliphatic rings. The van der Waals surface area contributed by atoms with Gasteiger partial charge in [-0.2, -0.15) is 4.98 Å². The third-order valence-corrected chi connectivity index (χ3v) is 17.0. The number of imidazole rings is 1. The molecule has 0 radical (unpaired) electrons. The van der Waals surface area contributed by atoms with Crippen LogP contribution in [0.15, 0.2) is 9.59 Å². The number of unbranched alkanes of at least 4 members (excludes halogenated alkanes) is 29. The SMILES string of the molecule is CCCCCCC#CCOC(=O)CCCCCCCCN(CCCCCCCCC(=O)OCC#CCCCCCC)CCCN(CCCCCCCCC(=O)OCC#CCCCCCC)CCCCCC(=O)OC[C@@H]1O[C@H](n2c(=O)[nH]c3c(=O)[nH]c(N)nc32)C(O)C1O. The molecule has 0 aromatic carbocycles. The van der Waals surface area contributed by atoms with E-state index >= 15 is 0 Å². The average molecular weight is 1300 g/mol. The van der Waals surface area contributed by atoms with Crippen molar-refractivity contribution in [3.8, 4) is 35.5 Å². The minimum absolute atomic E-state index is 0.148. The normalized spacial score (nSPS) is 15.2. The number of hydrogen-bond acceptors (Lipinski definition) is 17. The number of nitrogens with zero attached hydrogens (tertiary/aromatic N) is 4. The number of aliphatic hydroxyl groups excluding tert-OH is 2. The van der Waals surface area contributed by atoms with Crippen LogP contribution in [-0.2, 0) is 42.9 Å². The Bertz CT molecular complexity index is 2580. The first-order valence-electron chi connectivity index (χ1n) is 36.3. The van der Waals surface area contributed by atoms with Gasteiger partial charge in [0.2, 0.25) is 5.95 Å². The molecule has 2 aromatic rings. The fourth-order valence-corrected chi connectivity index (χ4v) is 11.4. The lowest BCUT2D eigenvalue weighted by Crippen LogP contribution is -2.35. The minimum Gasteiger partial charge on any atom is -0.463 e. The van der Waals surface area contributed by atoms with Crippen LogP contribution in [0.4, 0.5) is 5.95 Å². The molecule has 526 valence electrons. The highest BCUT2D eigenvalue weighted by Crippen LogP contribution is 2.30. The van der Waals surface area contributed by atoms with E-state index in [1.165, 1.54) is 57.8 Å². The number of nitrogens with two attached hydrogens (primary N) is 1. The van der Waals surface area contributed by atoms with Crippen LogP contribution in [0.5, 0.6) is 0 Å². The number of esters is 4. The zero-order valence-electron chi connectivity index (χ0n) is 57.6. The van der Waals surface area contributed by atoms with Crippen LogP contribution in [0, 0.1) is 35.5 Å². The Hall–Kier alpha value is -5.69. The van der Waals surface area contributed by atoms with Gasteiger partial charge in [-0.15, -0.1) is 0 Å². The lowest BCUT2D eigenvalue weighted by atomic mass is 10.1. The number of carbonyl (C=O) groups excluding carboxylic acids is 4. The van der Waals surface area contributed by atoms with Crippen molar-refractivity contribution < 1.29 is 53.1 Å². The zero-order chi connectivity index (χ0) is 67.2. The minimum atomic E-state index is -1.58. The molecule has 93 heavy (non-hydrogen) atoms. The average Bonchev–Trinajstić information content (AvgIpc) is 1.62. The van der Waals surface area contributed by atoms with Crippen LogP contribution < -0.4 is 17.0 Å². The van der Waals surface area contributed by atoms with Crippen LogP contribution in [-0.4, -0.2) is 147 Å². The molecule has 20 heteroatoms. The van der Waals surface area contributed by atoms with E-state index in [2.05, 4.69) is 81.0 Å². The number of H-pyrrole nitrogens is 2. The van der Waals surface area contributed by atoms with E-state index in [9.17, 15) is 39.0 Å². The van der Waals surface area contributed by atoms with Gasteiger partial charge in [0.15, 0.2) is 37.2 Å². The second-order valence-corrected chi connectivity index (χ2v) is 25.1. The van der Waals surface area contributed by atoms with Crippen molar-refractivity contribution in [2.45, 2.75) is 309 Å². The van der Waals surface area contributed by atoms with Gasteiger partial charge in [0, 0.05) is 44.9 Å². The molecule has 1 saturated heterocycles. The summed E-state index contributed by atoms with van der Waals surface area (Å²) in [5.74, 6) is 17.1. The molecule has 3 heterocycles. The van der Waals surface area contributed by atoms with Crippen LogP contribution in [0.2, 0.25) is 0 Å². The number of anilines is 1. The number of aromatic nitrogens is 4. The number of carbonyl (C=O) groups is 4. The standard InChI is InChI=1S/C73H121N7O13/c1-4-7-10-13-22-31-43-57-89-62(81)47-35-25-16-19-28-39-51-78(52-40-29-20-17-26-36-48-63(82)90-58-44-32-23-14-11-8-5-2)55-46-56-79(53-41-30-21-18-27-37-49-64(83)91-59-45-33-24-15-12-9-6-3)54-42-34-38-50-65(84)92-60-61-67(85)68(86)71(93-61)80-69-66(75-73(80)88)70(87)77-72(74)76-69/h61,67-68,71,85-86H,4-30,34-42,46-60H2,1-3H3,(H,75,88)(H3,74,76,77,87)/t61-,67?,68?,71-/m0/s1. The number of hydrogen-bond donors (Lipinski definition) is 5. The maximum Gasteiger partial charge on any atom is 0.330 e. The predicted octanol–water partition coefficient (Wildman–Crippen LogP) is 12.5. The van der Waals surface area contributed by atoms with Crippen molar-refractivity contribution in [2.24, 2.45) is 0 Å². The molecule has 0 bridgehead atoms. The van der Waals surface area contributed by atoms with Gasteiger partial charge in [0.05, 0.1) is 0 Å². The van der Waals surface area contributed by atoms with Crippen LogP contribution in [0.25, 0.3) is 11.2 Å². The summed E-state index contributed by atoms with van der Waals surface area (Å²) in [5.41, 5.74) is 3.92. The van der Waals surface area contributed by atoms with E-state index in [0.717, 1.165) is 217 Å². The number of nitrogen functional groups attached to an aromatic ring is 1. The molecular formula is C73H121N7O13. The van der Waals surface area contributed by atoms with E-state index in [-0.39, 0.29) is 67.9 Å². The highest BCUT2D eigenvalue weighted by molar-refractivity contribution is 5.71. The summed E-state index contributed by atoms with van der Waals surface area (Å²) < 4.78 is 28.3. The van der Waals surface area contributed by atoms with Gasteiger partial charge in [-0.1, -0.05) is 198 Å². The van der Waals surface area contributed by atoms with Gasteiger partial charge in [-0.3, -0.25) is 33.9 Å². The van der Waals surface area contributed by atoms with Gasteiger partial charge in [-0.25, -0.2) is 9.36 Å². The van der Waals surface area contributed by atoms with Gasteiger partial charge >= 0.3 is 29.6 Å². The monoisotopic (exact) mass is 1300 g/mol. The number of rotatable bonds is 55. The molecule has 6 N–H and O–H groups in total. The first-order chi connectivity index (χ1) is 45.4. The Morgan fingerprint density at radius 1 is 0.462 bits per heavy atom. The van der Waals surface area contributed by atoms with Crippen molar-refractivity contribution in [3.63, 3.8) is 0 Å². The predicted molar refractivity (Wildman–Crippen MR) is 368 cm³/mol. The van der Waals surface area contributed by atoms with Gasteiger partial charge in [-0.05, 0) is 116 Å². The summed E-state index contributed by atoms with van der Waals surface area (Å²) in [6, 6.07) is 0. The van der Waals surface area contributed by atoms with Crippen LogP contribution in [0.1, 0.15) is 290 Å². The van der Waals surface area contributed by atoms with E-state index < -0.39 is 41.8 Å². The first kappa shape index (κ1) is 81.5. The van der Waals surface area contributed by atoms with E-state index in [4.69, 9.17) is 29.4 Å². The number of fused-ring (bicyclic) bond motifs is 1. The van der Waals surface area contributed by atoms with Gasteiger partial charge < -0.3 is 49.4 Å². The molecular weight excluding hydrogens is 1180 g/mol. The lowest BCUT2D eigenvalue weighted by Gasteiger charge is -2.26. The smallest absolute Gasteiger partial charge is 0.330 e. The molecule has 20 nitrogen and oxygen atoms in total. The molecule has 3 rings (SSSR count).